The maximum Gasteiger partial charge on any atom is 0.118 e. The van der Waals surface area contributed by atoms with E-state index in [1.165, 1.54) is 11.1 Å². The van der Waals surface area contributed by atoms with Gasteiger partial charge in [0.25, 0.3) is 0 Å². The van der Waals surface area contributed by atoms with Crippen LogP contribution in [0.3, 0.4) is 0 Å². The molecule has 0 bridgehead atoms. The van der Waals surface area contributed by atoms with E-state index in [0.29, 0.717) is 0 Å². The predicted octanol–water partition coefficient (Wildman–Crippen LogP) is 3.91. The van der Waals surface area contributed by atoms with Gasteiger partial charge in [-0.05, 0) is 29.7 Å². The summed E-state index contributed by atoms with van der Waals surface area (Å²) in [7, 11) is 1.68. The van der Waals surface area contributed by atoms with Gasteiger partial charge in [0.2, 0.25) is 0 Å². The van der Waals surface area contributed by atoms with Crippen LogP contribution in [-0.2, 0) is 6.42 Å². The van der Waals surface area contributed by atoms with Crippen molar-refractivity contribution < 1.29 is 4.74 Å². The van der Waals surface area contributed by atoms with Gasteiger partial charge in [-0.1, -0.05) is 42.5 Å². The fourth-order valence-corrected chi connectivity index (χ4v) is 2.16. The summed E-state index contributed by atoms with van der Waals surface area (Å²) in [6.45, 7) is 0. The maximum atomic E-state index is 5.14. The second-order valence-electron chi connectivity index (χ2n) is 3.98. The number of thiol groups is 1. The number of methoxy groups -OCH3 is 1. The van der Waals surface area contributed by atoms with Crippen molar-refractivity contribution in [1.82, 2.24) is 0 Å². The molecule has 0 radical (unpaired) electrons. The highest BCUT2D eigenvalue weighted by Crippen LogP contribution is 2.25. The van der Waals surface area contributed by atoms with Crippen LogP contribution in [0.5, 0.6) is 5.75 Å². The van der Waals surface area contributed by atoms with Crippen molar-refractivity contribution in [2.24, 2.45) is 0 Å². The van der Waals surface area contributed by atoms with Gasteiger partial charge in [0.05, 0.1) is 7.11 Å². The molecule has 0 N–H and O–H groups in total. The summed E-state index contributed by atoms with van der Waals surface area (Å²) in [6.07, 6.45) is 0.928. The summed E-state index contributed by atoms with van der Waals surface area (Å²) in [6, 6.07) is 18.5. The van der Waals surface area contributed by atoms with Gasteiger partial charge in [0.15, 0.2) is 0 Å². The molecule has 0 amide bonds. The average molecular weight is 244 g/mol. The van der Waals surface area contributed by atoms with E-state index in [0.717, 1.165) is 12.2 Å². The van der Waals surface area contributed by atoms with Crippen molar-refractivity contribution in [2.75, 3.05) is 7.11 Å². The number of hydrogen-bond acceptors (Lipinski definition) is 2. The summed E-state index contributed by atoms with van der Waals surface area (Å²) in [5.74, 6) is 0.893. The summed E-state index contributed by atoms with van der Waals surface area (Å²) < 4.78 is 5.14. The molecule has 2 heteroatoms. The van der Waals surface area contributed by atoms with Crippen LogP contribution in [0.2, 0.25) is 0 Å². The van der Waals surface area contributed by atoms with Gasteiger partial charge < -0.3 is 4.74 Å². The van der Waals surface area contributed by atoms with E-state index in [1.54, 1.807) is 7.11 Å². The van der Waals surface area contributed by atoms with Crippen LogP contribution >= 0.6 is 12.6 Å². The molecule has 0 aliphatic heterocycles. The first kappa shape index (κ1) is 12.1. The zero-order valence-electron chi connectivity index (χ0n) is 9.84. The summed E-state index contributed by atoms with van der Waals surface area (Å²) >= 11 is 4.65. The lowest BCUT2D eigenvalue weighted by Gasteiger charge is -2.11. The topological polar surface area (TPSA) is 9.23 Å². The van der Waals surface area contributed by atoms with E-state index < -0.39 is 0 Å². The Labute approximate surface area is 108 Å². The third-order valence-corrected chi connectivity index (χ3v) is 3.25. The quantitative estimate of drug-likeness (QED) is 0.802. The van der Waals surface area contributed by atoms with Gasteiger partial charge in [-0.2, -0.15) is 12.6 Å². The second-order valence-corrected chi connectivity index (χ2v) is 4.60. The maximum absolute atomic E-state index is 5.14. The molecule has 2 rings (SSSR count). The molecule has 88 valence electrons. The molecular weight excluding hydrogens is 228 g/mol. The van der Waals surface area contributed by atoms with Gasteiger partial charge in [-0.15, -0.1) is 0 Å². The van der Waals surface area contributed by atoms with Gasteiger partial charge in [-0.3, -0.25) is 0 Å². The number of ether oxygens (including phenoxy) is 1. The largest absolute Gasteiger partial charge is 0.497 e. The van der Waals surface area contributed by atoms with E-state index in [-0.39, 0.29) is 5.25 Å². The van der Waals surface area contributed by atoms with E-state index in [9.17, 15) is 0 Å². The summed E-state index contributed by atoms with van der Waals surface area (Å²) in [5, 5.41) is 0.240. The van der Waals surface area contributed by atoms with Crippen molar-refractivity contribution in [3.63, 3.8) is 0 Å². The fraction of sp³-hybridized carbons (Fsp3) is 0.200. The molecule has 0 aliphatic carbocycles. The van der Waals surface area contributed by atoms with Crippen molar-refractivity contribution >= 4 is 12.6 Å². The third kappa shape index (κ3) is 3.27. The first-order chi connectivity index (χ1) is 8.29. The molecule has 0 saturated carbocycles. The van der Waals surface area contributed by atoms with Crippen LogP contribution in [-0.4, -0.2) is 7.11 Å². The highest BCUT2D eigenvalue weighted by atomic mass is 32.1. The molecule has 17 heavy (non-hydrogen) atoms. The lowest BCUT2D eigenvalue weighted by Crippen LogP contribution is -1.95. The van der Waals surface area contributed by atoms with Crippen LogP contribution in [0, 0.1) is 0 Å². The molecule has 2 aromatic rings. The van der Waals surface area contributed by atoms with Gasteiger partial charge in [-0.25, -0.2) is 0 Å². The minimum Gasteiger partial charge on any atom is -0.497 e. The molecule has 0 saturated heterocycles. The Morgan fingerprint density at radius 3 is 2.24 bits per heavy atom. The van der Waals surface area contributed by atoms with Crippen LogP contribution in [0.4, 0.5) is 0 Å². The molecule has 0 heterocycles. The van der Waals surface area contributed by atoms with Crippen molar-refractivity contribution in [2.45, 2.75) is 11.7 Å². The zero-order chi connectivity index (χ0) is 12.1. The lowest BCUT2D eigenvalue weighted by atomic mass is 10.0. The minimum absolute atomic E-state index is 0.240. The monoisotopic (exact) mass is 244 g/mol. The Balaban J connectivity index is 2.05. The Morgan fingerprint density at radius 1 is 1.00 bits per heavy atom. The number of benzene rings is 2. The number of rotatable bonds is 4. The van der Waals surface area contributed by atoms with Crippen LogP contribution in [0.15, 0.2) is 54.6 Å². The first-order valence-electron chi connectivity index (χ1n) is 5.65. The van der Waals surface area contributed by atoms with Crippen LogP contribution < -0.4 is 4.74 Å². The lowest BCUT2D eigenvalue weighted by molar-refractivity contribution is 0.414. The van der Waals surface area contributed by atoms with Gasteiger partial charge >= 0.3 is 0 Å². The second kappa shape index (κ2) is 5.78. The molecular formula is C15H16OS. The summed E-state index contributed by atoms with van der Waals surface area (Å²) in [5.41, 5.74) is 2.53. The van der Waals surface area contributed by atoms with Crippen molar-refractivity contribution in [3.8, 4) is 5.75 Å². The molecule has 0 spiro atoms. The van der Waals surface area contributed by atoms with Crippen LogP contribution in [0.25, 0.3) is 0 Å². The predicted molar refractivity (Wildman–Crippen MR) is 74.9 cm³/mol. The standard InChI is InChI=1S/C15H16OS/c1-16-14-9-7-12(8-10-14)11-15(17)13-5-3-2-4-6-13/h2-10,15,17H,11H2,1H3. The minimum atomic E-state index is 0.240. The normalized spacial score (nSPS) is 12.1. The first-order valence-corrected chi connectivity index (χ1v) is 6.17. The van der Waals surface area contributed by atoms with Crippen molar-refractivity contribution in [1.29, 1.82) is 0 Å². The van der Waals surface area contributed by atoms with E-state index in [2.05, 4.69) is 36.9 Å². The Morgan fingerprint density at radius 2 is 1.65 bits per heavy atom. The van der Waals surface area contributed by atoms with Crippen LogP contribution in [0.1, 0.15) is 16.4 Å². The molecule has 2 aromatic carbocycles. The zero-order valence-corrected chi connectivity index (χ0v) is 10.7. The van der Waals surface area contributed by atoms with E-state index >= 15 is 0 Å². The third-order valence-electron chi connectivity index (χ3n) is 2.77. The van der Waals surface area contributed by atoms with E-state index in [1.807, 2.05) is 30.3 Å². The Hall–Kier alpha value is -1.41. The highest BCUT2D eigenvalue weighted by Gasteiger charge is 2.06. The van der Waals surface area contributed by atoms with E-state index in [4.69, 9.17) is 4.74 Å². The summed E-state index contributed by atoms with van der Waals surface area (Å²) in [4.78, 5) is 0. The molecule has 1 atom stereocenters. The number of hydrogen-bond donors (Lipinski definition) is 1. The molecule has 0 aliphatic rings. The van der Waals surface area contributed by atoms with Crippen molar-refractivity contribution in [3.05, 3.63) is 65.7 Å². The molecule has 1 unspecified atom stereocenters. The van der Waals surface area contributed by atoms with Gasteiger partial charge in [0.1, 0.15) is 5.75 Å². The molecule has 0 fully saturated rings. The fourth-order valence-electron chi connectivity index (χ4n) is 1.78. The smallest absolute Gasteiger partial charge is 0.118 e. The Bertz CT molecular complexity index is 450. The van der Waals surface area contributed by atoms with Gasteiger partial charge in [0, 0.05) is 5.25 Å². The Kier molecular flexibility index (Phi) is 4.10. The highest BCUT2D eigenvalue weighted by molar-refractivity contribution is 7.80. The molecule has 1 nitrogen and oxygen atoms in total. The SMILES string of the molecule is COc1ccc(CC(S)c2ccccc2)cc1. The molecule has 0 aromatic heterocycles. The average Bonchev–Trinajstić information content (AvgIpc) is 2.40.